The molecule has 0 aromatic heterocycles. The van der Waals surface area contributed by atoms with Gasteiger partial charge in [-0.15, -0.1) is 0 Å². The second-order valence-electron chi connectivity index (χ2n) is 6.80. The molecule has 1 aliphatic carbocycles. The van der Waals surface area contributed by atoms with Crippen molar-refractivity contribution in [2.75, 3.05) is 6.54 Å². The lowest BCUT2D eigenvalue weighted by Gasteiger charge is -2.40. The summed E-state index contributed by atoms with van der Waals surface area (Å²) >= 11 is 0. The third-order valence-corrected chi connectivity index (χ3v) is 4.37. The van der Waals surface area contributed by atoms with Crippen molar-refractivity contribution < 1.29 is 5.11 Å². The van der Waals surface area contributed by atoms with Gasteiger partial charge in [-0.05, 0) is 48.8 Å². The molecule has 3 heteroatoms. The summed E-state index contributed by atoms with van der Waals surface area (Å²) in [6.45, 7) is 5.86. The molecule has 20 heavy (non-hydrogen) atoms. The zero-order valence-electron chi connectivity index (χ0n) is 12.4. The van der Waals surface area contributed by atoms with Crippen LogP contribution in [0.2, 0.25) is 0 Å². The number of rotatable bonds is 4. The van der Waals surface area contributed by atoms with E-state index in [0.717, 1.165) is 31.2 Å². The van der Waals surface area contributed by atoms with Gasteiger partial charge in [-0.3, -0.25) is 0 Å². The van der Waals surface area contributed by atoms with E-state index in [-0.39, 0.29) is 0 Å². The molecular formula is C17H24N2O. The third-order valence-electron chi connectivity index (χ3n) is 4.37. The smallest absolute Gasteiger partial charge is 0.0991 e. The van der Waals surface area contributed by atoms with Crippen LogP contribution in [0.5, 0.6) is 0 Å². The topological polar surface area (TPSA) is 56.0 Å². The first-order valence-electron chi connectivity index (χ1n) is 7.35. The second kappa shape index (κ2) is 5.95. The van der Waals surface area contributed by atoms with Crippen LogP contribution < -0.4 is 5.32 Å². The molecule has 0 atom stereocenters. The highest BCUT2D eigenvalue weighted by molar-refractivity contribution is 5.32. The normalized spacial score (nSPS) is 20.3. The molecular weight excluding hydrogens is 248 g/mol. The number of hydrogen-bond donors (Lipinski definition) is 2. The Labute approximate surface area is 121 Å². The van der Waals surface area contributed by atoms with E-state index >= 15 is 0 Å². The van der Waals surface area contributed by atoms with Crippen molar-refractivity contribution in [3.8, 4) is 6.07 Å². The lowest BCUT2D eigenvalue weighted by atomic mass is 9.71. The average Bonchev–Trinajstić information content (AvgIpc) is 2.43. The molecule has 1 aromatic carbocycles. The Kier molecular flexibility index (Phi) is 4.47. The third kappa shape index (κ3) is 4.06. The van der Waals surface area contributed by atoms with E-state index in [1.807, 2.05) is 18.2 Å². The first-order valence-corrected chi connectivity index (χ1v) is 7.35. The maximum atomic E-state index is 10.6. The van der Waals surface area contributed by atoms with Crippen molar-refractivity contribution in [3.05, 3.63) is 35.4 Å². The van der Waals surface area contributed by atoms with Gasteiger partial charge in [0.15, 0.2) is 0 Å². The average molecular weight is 272 g/mol. The van der Waals surface area contributed by atoms with Gasteiger partial charge in [-0.1, -0.05) is 26.0 Å². The number of hydrogen-bond acceptors (Lipinski definition) is 3. The van der Waals surface area contributed by atoms with E-state index in [2.05, 4.69) is 25.2 Å². The first kappa shape index (κ1) is 15.0. The summed E-state index contributed by atoms with van der Waals surface area (Å²) in [5.41, 5.74) is 1.57. The van der Waals surface area contributed by atoms with Crippen LogP contribution in [-0.2, 0) is 6.54 Å². The fourth-order valence-electron chi connectivity index (χ4n) is 2.76. The molecule has 1 aromatic rings. The summed E-state index contributed by atoms with van der Waals surface area (Å²) in [5, 5.41) is 22.8. The minimum Gasteiger partial charge on any atom is -0.389 e. The van der Waals surface area contributed by atoms with Gasteiger partial charge in [0.25, 0.3) is 0 Å². The fourth-order valence-corrected chi connectivity index (χ4v) is 2.76. The molecule has 0 spiro atoms. The lowest BCUT2D eigenvalue weighted by molar-refractivity contribution is -0.0245. The predicted octanol–water partition coefficient (Wildman–Crippen LogP) is 2.98. The van der Waals surface area contributed by atoms with Gasteiger partial charge in [-0.25, -0.2) is 0 Å². The highest BCUT2D eigenvalue weighted by Crippen LogP contribution is 2.39. The molecule has 0 heterocycles. The van der Waals surface area contributed by atoms with Crippen molar-refractivity contribution in [3.63, 3.8) is 0 Å². The van der Waals surface area contributed by atoms with Crippen LogP contribution in [-0.4, -0.2) is 17.3 Å². The first-order chi connectivity index (χ1) is 9.42. The monoisotopic (exact) mass is 272 g/mol. The molecule has 0 unspecified atom stereocenters. The molecule has 2 rings (SSSR count). The van der Waals surface area contributed by atoms with E-state index in [9.17, 15) is 5.11 Å². The molecule has 0 amide bonds. The largest absolute Gasteiger partial charge is 0.389 e. The van der Waals surface area contributed by atoms with Crippen molar-refractivity contribution >= 4 is 0 Å². The van der Waals surface area contributed by atoms with E-state index < -0.39 is 5.60 Å². The predicted molar refractivity (Wildman–Crippen MR) is 80.1 cm³/mol. The van der Waals surface area contributed by atoms with Crippen molar-refractivity contribution in [2.24, 2.45) is 5.41 Å². The molecule has 0 bridgehead atoms. The van der Waals surface area contributed by atoms with Crippen LogP contribution in [0.15, 0.2) is 24.3 Å². The Balaban J connectivity index is 1.82. The number of nitriles is 1. The zero-order chi connectivity index (χ0) is 14.6. The van der Waals surface area contributed by atoms with Crippen molar-refractivity contribution in [1.29, 1.82) is 5.26 Å². The Morgan fingerprint density at radius 3 is 2.60 bits per heavy atom. The second-order valence-corrected chi connectivity index (χ2v) is 6.80. The zero-order valence-corrected chi connectivity index (χ0v) is 12.4. The molecule has 2 N–H and O–H groups in total. The van der Waals surface area contributed by atoms with Gasteiger partial charge in [0.1, 0.15) is 0 Å². The fraction of sp³-hybridized carbons (Fsp3) is 0.588. The molecule has 0 aliphatic heterocycles. The van der Waals surface area contributed by atoms with Gasteiger partial charge in [0, 0.05) is 13.1 Å². The van der Waals surface area contributed by atoms with Crippen LogP contribution in [0.4, 0.5) is 0 Å². The summed E-state index contributed by atoms with van der Waals surface area (Å²) in [5.74, 6) is 0. The van der Waals surface area contributed by atoms with Crippen LogP contribution in [0.25, 0.3) is 0 Å². The molecule has 0 radical (unpaired) electrons. The van der Waals surface area contributed by atoms with Gasteiger partial charge in [0.2, 0.25) is 0 Å². The van der Waals surface area contributed by atoms with E-state index in [1.165, 1.54) is 0 Å². The van der Waals surface area contributed by atoms with E-state index in [1.54, 1.807) is 6.07 Å². The van der Waals surface area contributed by atoms with Gasteiger partial charge < -0.3 is 10.4 Å². The molecule has 3 nitrogen and oxygen atoms in total. The minimum absolute atomic E-state index is 0.368. The SMILES string of the molecule is CC1(C)CCC(O)(CNCc2cccc(C#N)c2)CC1. The maximum Gasteiger partial charge on any atom is 0.0991 e. The van der Waals surface area contributed by atoms with Crippen LogP contribution >= 0.6 is 0 Å². The molecule has 108 valence electrons. The Morgan fingerprint density at radius 2 is 1.95 bits per heavy atom. The number of nitrogens with zero attached hydrogens (tertiary/aromatic N) is 1. The van der Waals surface area contributed by atoms with Crippen LogP contribution in [0, 0.1) is 16.7 Å². The van der Waals surface area contributed by atoms with Crippen molar-refractivity contribution in [2.45, 2.75) is 51.7 Å². The Bertz CT molecular complexity index is 492. The molecule has 1 aliphatic rings. The number of benzene rings is 1. The summed E-state index contributed by atoms with van der Waals surface area (Å²) in [7, 11) is 0. The van der Waals surface area contributed by atoms with Crippen LogP contribution in [0.3, 0.4) is 0 Å². The van der Waals surface area contributed by atoms with Gasteiger partial charge in [0.05, 0.1) is 17.2 Å². The Hall–Kier alpha value is -1.37. The summed E-state index contributed by atoms with van der Waals surface area (Å²) in [6.07, 6.45) is 3.89. The molecule has 1 saturated carbocycles. The van der Waals surface area contributed by atoms with E-state index in [0.29, 0.717) is 24.1 Å². The van der Waals surface area contributed by atoms with Gasteiger partial charge in [-0.2, -0.15) is 5.26 Å². The van der Waals surface area contributed by atoms with Gasteiger partial charge >= 0.3 is 0 Å². The number of aliphatic hydroxyl groups is 1. The minimum atomic E-state index is -0.567. The van der Waals surface area contributed by atoms with Crippen molar-refractivity contribution in [1.82, 2.24) is 5.32 Å². The standard InChI is InChI=1S/C17H24N2O/c1-16(2)6-8-17(20,9-7-16)13-19-12-15-5-3-4-14(10-15)11-18/h3-5,10,19-20H,6-9,12-13H2,1-2H3. The highest BCUT2D eigenvalue weighted by Gasteiger charge is 2.36. The molecule has 1 fully saturated rings. The highest BCUT2D eigenvalue weighted by atomic mass is 16.3. The van der Waals surface area contributed by atoms with Crippen LogP contribution in [0.1, 0.15) is 50.7 Å². The summed E-state index contributed by atoms with van der Waals surface area (Å²) < 4.78 is 0. The summed E-state index contributed by atoms with van der Waals surface area (Å²) in [4.78, 5) is 0. The van der Waals surface area contributed by atoms with E-state index in [4.69, 9.17) is 5.26 Å². The Morgan fingerprint density at radius 1 is 1.25 bits per heavy atom. The maximum absolute atomic E-state index is 10.6. The lowest BCUT2D eigenvalue weighted by Crippen LogP contribution is -2.44. The summed E-state index contributed by atoms with van der Waals surface area (Å²) in [6, 6.07) is 9.74. The number of nitrogens with one attached hydrogen (secondary N) is 1. The quantitative estimate of drug-likeness (QED) is 0.886. The molecule has 0 saturated heterocycles.